The number of hydrogen-bond acceptors (Lipinski definition) is 5. The van der Waals surface area contributed by atoms with Crippen LogP contribution in [0.5, 0.6) is 0 Å². The van der Waals surface area contributed by atoms with Crippen LogP contribution in [0.25, 0.3) is 0 Å². The Morgan fingerprint density at radius 1 is 0.578 bits per heavy atom. The molecule has 2 rings (SSSR count). The van der Waals surface area contributed by atoms with Gasteiger partial charge in [-0.05, 0) is 128 Å². The number of aryl methyl sites for hydroxylation is 2. The van der Waals surface area contributed by atoms with Gasteiger partial charge < -0.3 is 14.2 Å². The molecule has 0 aliphatic rings. The molecular weight excluding hydrogens is 556 g/mol. The Morgan fingerprint density at radius 3 is 1.29 bits per heavy atom. The van der Waals surface area contributed by atoms with Gasteiger partial charge in [0.1, 0.15) is 12.2 Å². The standard InChI is InChI=1S/C40H68N2O3/c1-11-33-21-23-35(41-29-33)37(25-19-31(5)17-15-27-39(7,8)43-13-3)45-38(36-24-22-34(12-2)30-42-36)26-20-32(6)18-16-28-40(9,10)44-14-4/h21-24,29-32,37-38H,11-20,25-28H2,1-10H3. The molecule has 2 heterocycles. The van der Waals surface area contributed by atoms with Gasteiger partial charge in [0.15, 0.2) is 0 Å². The van der Waals surface area contributed by atoms with E-state index in [0.29, 0.717) is 11.8 Å². The zero-order valence-corrected chi connectivity index (χ0v) is 30.8. The van der Waals surface area contributed by atoms with E-state index in [1.54, 1.807) is 0 Å². The fourth-order valence-electron chi connectivity index (χ4n) is 6.28. The Bertz CT molecular complexity index is 951. The minimum atomic E-state index is -0.0572. The first kappa shape index (κ1) is 39.4. The molecule has 0 fully saturated rings. The second-order valence-corrected chi connectivity index (χ2v) is 14.5. The number of rotatable bonds is 24. The van der Waals surface area contributed by atoms with Crippen LogP contribution in [0.3, 0.4) is 0 Å². The molecule has 0 radical (unpaired) electrons. The maximum Gasteiger partial charge on any atom is 0.100 e. The zero-order valence-electron chi connectivity index (χ0n) is 30.8. The van der Waals surface area contributed by atoms with Crippen LogP contribution in [-0.2, 0) is 27.1 Å². The summed E-state index contributed by atoms with van der Waals surface area (Å²) in [5, 5.41) is 0. The van der Waals surface area contributed by atoms with E-state index >= 15 is 0 Å². The normalized spacial score (nSPS) is 15.2. The number of hydrogen-bond donors (Lipinski definition) is 0. The van der Waals surface area contributed by atoms with Gasteiger partial charge in [0.05, 0.1) is 22.6 Å². The van der Waals surface area contributed by atoms with Crippen LogP contribution in [0.1, 0.15) is 168 Å². The molecule has 2 aromatic heterocycles. The van der Waals surface area contributed by atoms with Crippen LogP contribution in [0.2, 0.25) is 0 Å². The van der Waals surface area contributed by atoms with Crippen molar-refractivity contribution in [1.82, 2.24) is 9.97 Å². The van der Waals surface area contributed by atoms with Crippen molar-refractivity contribution in [3.63, 3.8) is 0 Å². The summed E-state index contributed by atoms with van der Waals surface area (Å²) in [6.07, 6.45) is 17.0. The van der Waals surface area contributed by atoms with Gasteiger partial charge in [-0.25, -0.2) is 0 Å². The number of nitrogens with zero attached hydrogens (tertiary/aromatic N) is 2. The van der Waals surface area contributed by atoms with E-state index in [-0.39, 0.29) is 23.4 Å². The fourth-order valence-corrected chi connectivity index (χ4v) is 6.28. The molecule has 5 heteroatoms. The van der Waals surface area contributed by atoms with Gasteiger partial charge in [-0.15, -0.1) is 0 Å². The zero-order chi connectivity index (χ0) is 33.3. The topological polar surface area (TPSA) is 53.5 Å². The molecule has 0 bridgehead atoms. The Balaban J connectivity index is 2.15. The highest BCUT2D eigenvalue weighted by atomic mass is 16.5. The first-order valence-corrected chi connectivity index (χ1v) is 18.2. The van der Waals surface area contributed by atoms with E-state index in [4.69, 9.17) is 24.2 Å². The maximum absolute atomic E-state index is 7.09. The summed E-state index contributed by atoms with van der Waals surface area (Å²) >= 11 is 0. The largest absolute Gasteiger partial charge is 0.376 e. The van der Waals surface area contributed by atoms with Crippen molar-refractivity contribution < 1.29 is 14.2 Å². The Hall–Kier alpha value is -1.82. The summed E-state index contributed by atoms with van der Waals surface area (Å²) in [4.78, 5) is 9.83. The molecule has 256 valence electrons. The third kappa shape index (κ3) is 15.5. The van der Waals surface area contributed by atoms with Crippen molar-refractivity contribution in [1.29, 1.82) is 0 Å². The van der Waals surface area contributed by atoms with Crippen molar-refractivity contribution >= 4 is 0 Å². The third-order valence-electron chi connectivity index (χ3n) is 9.37. The number of aromatic nitrogens is 2. The van der Waals surface area contributed by atoms with E-state index in [1.807, 2.05) is 12.4 Å². The molecule has 4 atom stereocenters. The average molecular weight is 625 g/mol. The van der Waals surface area contributed by atoms with E-state index < -0.39 is 0 Å². The van der Waals surface area contributed by atoms with E-state index in [9.17, 15) is 0 Å². The van der Waals surface area contributed by atoms with Crippen molar-refractivity contribution in [2.24, 2.45) is 11.8 Å². The monoisotopic (exact) mass is 625 g/mol. The van der Waals surface area contributed by atoms with Crippen molar-refractivity contribution in [3.05, 3.63) is 59.2 Å². The first-order valence-electron chi connectivity index (χ1n) is 18.2. The maximum atomic E-state index is 7.09. The highest BCUT2D eigenvalue weighted by Crippen LogP contribution is 2.35. The Labute approximate surface area is 277 Å². The molecule has 0 saturated carbocycles. The smallest absolute Gasteiger partial charge is 0.100 e. The second-order valence-electron chi connectivity index (χ2n) is 14.5. The van der Waals surface area contributed by atoms with Crippen molar-refractivity contribution in [3.8, 4) is 0 Å². The lowest BCUT2D eigenvalue weighted by Gasteiger charge is -2.28. The predicted octanol–water partition coefficient (Wildman–Crippen LogP) is 11.2. The highest BCUT2D eigenvalue weighted by molar-refractivity contribution is 5.18. The second kappa shape index (κ2) is 20.4. The lowest BCUT2D eigenvalue weighted by atomic mass is 9.92. The molecule has 5 nitrogen and oxygen atoms in total. The Morgan fingerprint density at radius 2 is 0.978 bits per heavy atom. The lowest BCUT2D eigenvalue weighted by molar-refractivity contribution is -0.0346. The van der Waals surface area contributed by atoms with Gasteiger partial charge in [0.25, 0.3) is 0 Å². The predicted molar refractivity (Wildman–Crippen MR) is 190 cm³/mol. The van der Waals surface area contributed by atoms with Crippen molar-refractivity contribution in [2.75, 3.05) is 13.2 Å². The van der Waals surface area contributed by atoms with Crippen LogP contribution in [-0.4, -0.2) is 34.4 Å². The summed E-state index contributed by atoms with van der Waals surface area (Å²) in [7, 11) is 0. The van der Waals surface area contributed by atoms with E-state index in [2.05, 4.69) is 93.5 Å². The molecule has 0 aliphatic heterocycles. The number of ether oxygens (including phenoxy) is 3. The average Bonchev–Trinajstić information content (AvgIpc) is 3.00. The van der Waals surface area contributed by atoms with E-state index in [1.165, 1.54) is 36.8 Å². The van der Waals surface area contributed by atoms with Crippen LogP contribution >= 0.6 is 0 Å². The van der Waals surface area contributed by atoms with Crippen LogP contribution in [0.15, 0.2) is 36.7 Å². The molecule has 0 aliphatic carbocycles. The van der Waals surface area contributed by atoms with Gasteiger partial charge >= 0.3 is 0 Å². The van der Waals surface area contributed by atoms with Gasteiger partial charge in [0.2, 0.25) is 0 Å². The van der Waals surface area contributed by atoms with E-state index in [0.717, 1.165) is 76.0 Å². The number of pyridine rings is 2. The molecule has 0 aromatic carbocycles. The molecule has 0 amide bonds. The van der Waals surface area contributed by atoms with Gasteiger partial charge in [-0.3, -0.25) is 9.97 Å². The molecule has 4 unspecified atom stereocenters. The highest BCUT2D eigenvalue weighted by Gasteiger charge is 2.25. The van der Waals surface area contributed by atoms with Gasteiger partial charge in [-0.1, -0.05) is 65.5 Å². The van der Waals surface area contributed by atoms with Crippen LogP contribution in [0, 0.1) is 11.8 Å². The summed E-state index contributed by atoms with van der Waals surface area (Å²) in [5.41, 5.74) is 4.51. The van der Waals surface area contributed by atoms with Crippen molar-refractivity contribution in [2.45, 2.75) is 170 Å². The molecule has 0 spiro atoms. The molecule has 0 saturated heterocycles. The summed E-state index contributed by atoms with van der Waals surface area (Å²) in [6, 6.07) is 8.80. The SMILES string of the molecule is CCOC(C)(C)CCCC(C)CCC(OC(CCC(C)CCCC(C)(C)OCC)c1ccc(CC)cn1)c1ccc(CC)cn1. The van der Waals surface area contributed by atoms with Gasteiger partial charge in [-0.2, -0.15) is 0 Å². The lowest BCUT2D eigenvalue weighted by Crippen LogP contribution is -2.24. The third-order valence-corrected chi connectivity index (χ3v) is 9.37. The fraction of sp³-hybridized carbons (Fsp3) is 0.750. The summed E-state index contributed by atoms with van der Waals surface area (Å²) in [5.74, 6) is 1.23. The van der Waals surface area contributed by atoms with Gasteiger partial charge in [0, 0.05) is 25.6 Å². The Kier molecular flexibility index (Phi) is 17.9. The summed E-state index contributed by atoms with van der Waals surface area (Å²) < 4.78 is 19.0. The molecular formula is C40H68N2O3. The molecule has 45 heavy (non-hydrogen) atoms. The minimum Gasteiger partial charge on any atom is -0.376 e. The van der Waals surface area contributed by atoms with Crippen LogP contribution in [0.4, 0.5) is 0 Å². The molecule has 2 aromatic rings. The first-order chi connectivity index (χ1) is 21.4. The van der Waals surface area contributed by atoms with Crippen LogP contribution < -0.4 is 0 Å². The quantitative estimate of drug-likeness (QED) is 0.116. The summed E-state index contributed by atoms with van der Waals surface area (Å²) in [6.45, 7) is 23.7. The molecule has 0 N–H and O–H groups in total. The minimum absolute atomic E-state index is 0.0464.